The first-order valence-electron chi connectivity index (χ1n) is 8.68. The zero-order valence-electron chi connectivity index (χ0n) is 15.7. The maximum atomic E-state index is 13.8. The summed E-state index contributed by atoms with van der Waals surface area (Å²) in [7, 11) is -3.74. The minimum Gasteiger partial charge on any atom is -0.356 e. The Hall–Kier alpha value is -2.52. The number of benzene rings is 2. The van der Waals surface area contributed by atoms with Crippen LogP contribution in [-0.4, -0.2) is 25.2 Å². The molecule has 29 heavy (non-hydrogen) atoms. The number of hydrogen-bond donors (Lipinski definition) is 1. The number of carbonyl (C=O) groups is 1. The molecule has 6 nitrogen and oxygen atoms in total. The van der Waals surface area contributed by atoms with Gasteiger partial charge in [0.25, 0.3) is 0 Å². The molecule has 0 saturated carbocycles. The third-order valence-corrected chi connectivity index (χ3v) is 6.58. The second kappa shape index (κ2) is 8.46. The molecule has 1 amide bonds. The summed E-state index contributed by atoms with van der Waals surface area (Å²) in [5, 5.41) is 6.20. The molecule has 2 aromatic carbocycles. The van der Waals surface area contributed by atoms with Crippen LogP contribution in [0.25, 0.3) is 11.3 Å². The number of amides is 1. The third kappa shape index (κ3) is 5.10. The van der Waals surface area contributed by atoms with Crippen molar-refractivity contribution in [1.29, 1.82) is 0 Å². The molecule has 1 aromatic heterocycles. The topological polar surface area (TPSA) is 89.3 Å². The Kier molecular flexibility index (Phi) is 6.18. The summed E-state index contributed by atoms with van der Waals surface area (Å²) in [6.07, 6.45) is -0.303. The second-order valence-corrected chi connectivity index (χ2v) is 9.55. The van der Waals surface area contributed by atoms with E-state index in [0.29, 0.717) is 27.1 Å². The number of carbonyl (C=O) groups excluding carboxylic acids is 1. The van der Waals surface area contributed by atoms with Gasteiger partial charge in [0.05, 0.1) is 22.0 Å². The van der Waals surface area contributed by atoms with Crippen molar-refractivity contribution < 1.29 is 22.1 Å². The number of halogens is 2. The number of aromatic nitrogens is 1. The van der Waals surface area contributed by atoms with Crippen molar-refractivity contribution in [2.45, 2.75) is 25.2 Å². The van der Waals surface area contributed by atoms with Crippen LogP contribution in [0.5, 0.6) is 0 Å². The van der Waals surface area contributed by atoms with Crippen LogP contribution in [0.3, 0.4) is 0 Å². The summed E-state index contributed by atoms with van der Waals surface area (Å²) in [4.78, 5) is 12.2. The van der Waals surface area contributed by atoms with Crippen molar-refractivity contribution in [2.75, 3.05) is 11.1 Å². The minimum absolute atomic E-state index is 0.00512. The molecule has 0 bridgehead atoms. The SMILES string of the molecule is Cc1cc(-c2ccc(C)c(S(=O)(=O)CCC(=O)Nc3ccc(Br)cc3F)c2)on1. The number of sulfone groups is 1. The highest BCUT2D eigenvalue weighted by Crippen LogP contribution is 2.27. The fraction of sp³-hybridized carbons (Fsp3) is 0.200. The van der Waals surface area contributed by atoms with E-state index < -0.39 is 27.3 Å². The predicted octanol–water partition coefficient (Wildman–Crippen LogP) is 4.66. The zero-order chi connectivity index (χ0) is 21.2. The van der Waals surface area contributed by atoms with Crippen LogP contribution in [0.1, 0.15) is 17.7 Å². The Morgan fingerprint density at radius 3 is 2.59 bits per heavy atom. The summed E-state index contributed by atoms with van der Waals surface area (Å²) < 4.78 is 45.2. The van der Waals surface area contributed by atoms with Gasteiger partial charge in [0.2, 0.25) is 5.91 Å². The molecular formula is C20H18BrFN2O4S. The first kappa shape index (κ1) is 21.2. The van der Waals surface area contributed by atoms with Gasteiger partial charge in [-0.2, -0.15) is 0 Å². The van der Waals surface area contributed by atoms with E-state index >= 15 is 0 Å². The first-order valence-corrected chi connectivity index (χ1v) is 11.1. The molecule has 152 valence electrons. The normalized spacial score (nSPS) is 11.4. The molecule has 1 heterocycles. The van der Waals surface area contributed by atoms with Crippen LogP contribution < -0.4 is 5.32 Å². The number of anilines is 1. The highest BCUT2D eigenvalue weighted by molar-refractivity contribution is 9.10. The van der Waals surface area contributed by atoms with Crippen molar-refractivity contribution in [3.8, 4) is 11.3 Å². The van der Waals surface area contributed by atoms with Crippen molar-refractivity contribution in [2.24, 2.45) is 0 Å². The monoisotopic (exact) mass is 480 g/mol. The van der Waals surface area contributed by atoms with Crippen LogP contribution >= 0.6 is 15.9 Å². The highest BCUT2D eigenvalue weighted by Gasteiger charge is 2.21. The van der Waals surface area contributed by atoms with Crippen molar-refractivity contribution in [3.05, 3.63) is 64.0 Å². The predicted molar refractivity (Wildman–Crippen MR) is 111 cm³/mol. The number of nitrogens with one attached hydrogen (secondary N) is 1. The van der Waals surface area contributed by atoms with Crippen LogP contribution in [-0.2, 0) is 14.6 Å². The van der Waals surface area contributed by atoms with E-state index in [9.17, 15) is 17.6 Å². The first-order chi connectivity index (χ1) is 13.7. The molecule has 0 fully saturated rings. The number of aryl methyl sites for hydroxylation is 2. The Bertz CT molecular complexity index is 1170. The fourth-order valence-corrected chi connectivity index (χ4v) is 4.60. The van der Waals surface area contributed by atoms with Gasteiger partial charge < -0.3 is 9.84 Å². The molecule has 1 N–H and O–H groups in total. The number of rotatable bonds is 6. The third-order valence-electron chi connectivity index (χ3n) is 4.24. The number of hydrogen-bond acceptors (Lipinski definition) is 5. The molecule has 0 aliphatic rings. The van der Waals surface area contributed by atoms with Gasteiger partial charge in [-0.15, -0.1) is 0 Å². The molecule has 0 aliphatic carbocycles. The average molecular weight is 481 g/mol. The van der Waals surface area contributed by atoms with E-state index in [-0.39, 0.29) is 17.0 Å². The second-order valence-electron chi connectivity index (χ2n) is 6.55. The molecule has 0 saturated heterocycles. The number of nitrogens with zero attached hydrogens (tertiary/aromatic N) is 1. The molecule has 3 rings (SSSR count). The lowest BCUT2D eigenvalue weighted by molar-refractivity contribution is -0.115. The van der Waals surface area contributed by atoms with Crippen molar-refractivity contribution in [1.82, 2.24) is 5.16 Å². The largest absolute Gasteiger partial charge is 0.356 e. The quantitative estimate of drug-likeness (QED) is 0.553. The van der Waals surface area contributed by atoms with Crippen molar-refractivity contribution in [3.63, 3.8) is 0 Å². The van der Waals surface area contributed by atoms with E-state index in [0.717, 1.165) is 0 Å². The molecular weight excluding hydrogens is 463 g/mol. The molecule has 0 spiro atoms. The van der Waals surface area contributed by atoms with E-state index in [1.165, 1.54) is 18.2 Å². The zero-order valence-corrected chi connectivity index (χ0v) is 18.1. The van der Waals surface area contributed by atoms with Crippen LogP contribution in [0, 0.1) is 19.7 Å². The average Bonchev–Trinajstić information content (AvgIpc) is 3.09. The van der Waals surface area contributed by atoms with E-state index in [4.69, 9.17) is 4.52 Å². The van der Waals surface area contributed by atoms with Crippen LogP contribution in [0.4, 0.5) is 10.1 Å². The van der Waals surface area contributed by atoms with Crippen molar-refractivity contribution >= 4 is 37.4 Å². The molecule has 3 aromatic rings. The molecule has 0 atom stereocenters. The lowest BCUT2D eigenvalue weighted by atomic mass is 10.1. The summed E-state index contributed by atoms with van der Waals surface area (Å²) in [5.41, 5.74) is 1.82. The Morgan fingerprint density at radius 1 is 1.17 bits per heavy atom. The summed E-state index contributed by atoms with van der Waals surface area (Å²) in [6, 6.07) is 10.8. The lowest BCUT2D eigenvalue weighted by Crippen LogP contribution is -2.18. The van der Waals surface area contributed by atoms with Crippen LogP contribution in [0.15, 0.2) is 56.4 Å². The molecule has 0 unspecified atom stereocenters. The maximum absolute atomic E-state index is 13.8. The van der Waals surface area contributed by atoms with Gasteiger partial charge in [-0.05, 0) is 43.7 Å². The summed E-state index contributed by atoms with van der Waals surface area (Å²) >= 11 is 3.13. The fourth-order valence-electron chi connectivity index (χ4n) is 2.73. The Labute approximate surface area is 176 Å². The molecule has 0 radical (unpaired) electrons. The standard InChI is InChI=1S/C20H18BrFN2O4S/c1-12-3-4-14(18-9-13(2)24-28-18)10-19(12)29(26,27)8-7-20(25)23-17-6-5-15(21)11-16(17)22/h3-6,9-11H,7-8H2,1-2H3,(H,23,25). The minimum atomic E-state index is -3.74. The van der Waals surface area contributed by atoms with E-state index in [2.05, 4.69) is 26.4 Å². The molecule has 0 aliphatic heterocycles. The molecule has 9 heteroatoms. The van der Waals surface area contributed by atoms with Gasteiger partial charge in [-0.1, -0.05) is 33.2 Å². The van der Waals surface area contributed by atoms with E-state index in [1.807, 2.05) is 0 Å². The van der Waals surface area contributed by atoms with Gasteiger partial charge in [-0.3, -0.25) is 4.79 Å². The van der Waals surface area contributed by atoms with Gasteiger partial charge in [0, 0.05) is 22.5 Å². The van der Waals surface area contributed by atoms with E-state index in [1.54, 1.807) is 38.1 Å². The summed E-state index contributed by atoms with van der Waals surface area (Å²) in [6.45, 7) is 3.45. The summed E-state index contributed by atoms with van der Waals surface area (Å²) in [5.74, 6) is -1.14. The Morgan fingerprint density at radius 2 is 1.93 bits per heavy atom. The van der Waals surface area contributed by atoms with Crippen LogP contribution in [0.2, 0.25) is 0 Å². The smallest absolute Gasteiger partial charge is 0.225 e. The van der Waals surface area contributed by atoms with Gasteiger partial charge in [0.1, 0.15) is 5.82 Å². The van der Waals surface area contributed by atoms with Gasteiger partial charge in [-0.25, -0.2) is 12.8 Å². The Balaban J connectivity index is 1.74. The maximum Gasteiger partial charge on any atom is 0.225 e. The van der Waals surface area contributed by atoms with Gasteiger partial charge >= 0.3 is 0 Å². The van der Waals surface area contributed by atoms with Gasteiger partial charge in [0.15, 0.2) is 15.6 Å². The lowest BCUT2D eigenvalue weighted by Gasteiger charge is -2.10. The highest BCUT2D eigenvalue weighted by atomic mass is 79.9.